The van der Waals surface area contributed by atoms with Gasteiger partial charge in [0.2, 0.25) is 0 Å². The fourth-order valence-electron chi connectivity index (χ4n) is 10.5. The summed E-state index contributed by atoms with van der Waals surface area (Å²) in [7, 11) is -4.24. The smallest absolute Gasteiger partial charge is 0.410 e. The molecule has 3 heterocycles. The second kappa shape index (κ2) is 27.1. The number of ether oxygens (including phenoxy) is 4. The molecule has 14 heteroatoms. The summed E-state index contributed by atoms with van der Waals surface area (Å²) in [6.07, 6.45) is 11.8. The number of nitrogens with zero attached hydrogens (tertiary/aromatic N) is 1. The Hall–Kier alpha value is -1.63. The lowest BCUT2D eigenvalue weighted by Gasteiger charge is -2.39. The van der Waals surface area contributed by atoms with E-state index < -0.39 is 48.4 Å². The van der Waals surface area contributed by atoms with Gasteiger partial charge in [-0.25, -0.2) is 4.79 Å². The summed E-state index contributed by atoms with van der Waals surface area (Å²) >= 11 is 0. The molecule has 66 heavy (non-hydrogen) atoms. The molecule has 0 aliphatic carbocycles. The van der Waals surface area contributed by atoms with Gasteiger partial charge in [0, 0.05) is 57.6 Å². The van der Waals surface area contributed by atoms with Crippen molar-refractivity contribution in [1.82, 2.24) is 10.2 Å². The molecule has 10 atom stereocenters. The third-order valence-electron chi connectivity index (χ3n) is 16.4. The van der Waals surface area contributed by atoms with Crippen molar-refractivity contribution in [2.45, 2.75) is 238 Å². The number of carbonyl (C=O) groups is 2. The first-order valence-electron chi connectivity index (χ1n) is 26.5. The van der Waals surface area contributed by atoms with Crippen LogP contribution in [-0.2, 0) is 37.0 Å². The second-order valence-corrected chi connectivity index (χ2v) is 34.5. The van der Waals surface area contributed by atoms with E-state index in [4.69, 9.17) is 32.2 Å². The van der Waals surface area contributed by atoms with Crippen LogP contribution in [0.15, 0.2) is 36.0 Å². The first-order valence-corrected chi connectivity index (χ1v) is 34.1. The minimum atomic E-state index is -2.11. The van der Waals surface area contributed by atoms with Gasteiger partial charge in [-0.05, 0) is 106 Å². The molecule has 0 aromatic rings. The average Bonchev–Trinajstić information content (AvgIpc) is 4.10. The van der Waals surface area contributed by atoms with Gasteiger partial charge < -0.3 is 42.4 Å². The van der Waals surface area contributed by atoms with Gasteiger partial charge in [-0.3, -0.25) is 4.79 Å². The van der Waals surface area contributed by atoms with Crippen molar-refractivity contribution in [3.63, 3.8) is 0 Å². The van der Waals surface area contributed by atoms with Crippen LogP contribution in [0.1, 0.15) is 136 Å². The lowest BCUT2D eigenvalue weighted by atomic mass is 9.88. The fourth-order valence-corrected chi connectivity index (χ4v) is 19.5. The van der Waals surface area contributed by atoms with Crippen molar-refractivity contribution < 1.29 is 41.8 Å². The average molecular weight is 980 g/mol. The molecule has 0 aromatic carbocycles. The number of cyclic esters (lactones) is 1. The largest absolute Gasteiger partial charge is 0.457 e. The van der Waals surface area contributed by atoms with Crippen LogP contribution in [0.3, 0.4) is 0 Å². The molecule has 0 spiro atoms. The Morgan fingerprint density at radius 1 is 0.924 bits per heavy atom. The third-order valence-corrected chi connectivity index (χ3v) is 30.5. The first-order chi connectivity index (χ1) is 31.3. The van der Waals surface area contributed by atoms with Gasteiger partial charge in [-0.15, -0.1) is 0 Å². The molecule has 0 saturated carbocycles. The topological polar surface area (TPSA) is 117 Å². The molecule has 382 valence electrons. The summed E-state index contributed by atoms with van der Waals surface area (Å²) in [5.41, 5.74) is -0.504. The monoisotopic (exact) mass is 979 g/mol. The molecule has 11 nitrogen and oxygen atoms in total. The molecule has 3 rings (SSSR count). The van der Waals surface area contributed by atoms with E-state index in [1.54, 1.807) is 12.0 Å². The van der Waals surface area contributed by atoms with Gasteiger partial charge in [0.25, 0.3) is 0 Å². The van der Waals surface area contributed by atoms with Crippen LogP contribution in [-0.4, -0.2) is 123 Å². The maximum Gasteiger partial charge on any atom is 0.410 e. The quantitative estimate of drug-likeness (QED) is 0.0311. The van der Waals surface area contributed by atoms with E-state index >= 15 is 0 Å². The summed E-state index contributed by atoms with van der Waals surface area (Å²) in [4.78, 5) is 29.6. The van der Waals surface area contributed by atoms with E-state index in [0.29, 0.717) is 31.8 Å². The van der Waals surface area contributed by atoms with Crippen molar-refractivity contribution in [3.05, 3.63) is 36.0 Å². The van der Waals surface area contributed by atoms with Gasteiger partial charge in [0.15, 0.2) is 31.1 Å². The van der Waals surface area contributed by atoms with E-state index in [1.165, 1.54) is 0 Å². The molecule has 3 aliphatic heterocycles. The number of methoxy groups -OCH3 is 1. The van der Waals surface area contributed by atoms with Crippen molar-refractivity contribution >= 4 is 37.0 Å². The second-order valence-electron chi connectivity index (χ2n) is 20.4. The molecular weight excluding hydrogens is 881 g/mol. The molecule has 2 fully saturated rings. The van der Waals surface area contributed by atoms with Crippen LogP contribution < -0.4 is 5.32 Å². The number of hydrogen-bond acceptors (Lipinski definition) is 10. The van der Waals surface area contributed by atoms with Crippen molar-refractivity contribution in [2.75, 3.05) is 33.3 Å². The Morgan fingerprint density at radius 2 is 1.50 bits per heavy atom. The molecule has 6 unspecified atom stereocenters. The van der Waals surface area contributed by atoms with Crippen molar-refractivity contribution in [1.29, 1.82) is 0 Å². The highest BCUT2D eigenvalue weighted by molar-refractivity contribution is 6.74. The minimum Gasteiger partial charge on any atom is -0.457 e. The van der Waals surface area contributed by atoms with Crippen LogP contribution in [0.5, 0.6) is 0 Å². The fraction of sp³-hybridized carbons (Fsp3) is 0.846. The van der Waals surface area contributed by atoms with Gasteiger partial charge in [-0.2, -0.15) is 0 Å². The van der Waals surface area contributed by atoms with Crippen LogP contribution in [0.25, 0.3) is 0 Å². The highest BCUT2D eigenvalue weighted by Gasteiger charge is 2.51. The number of esters is 1. The zero-order chi connectivity index (χ0) is 49.3. The molecule has 1 amide bonds. The molecule has 0 bridgehead atoms. The summed E-state index contributed by atoms with van der Waals surface area (Å²) in [5.74, 6) is -0.225. The van der Waals surface area contributed by atoms with E-state index in [-0.39, 0.29) is 48.8 Å². The van der Waals surface area contributed by atoms with Gasteiger partial charge in [-0.1, -0.05) is 107 Å². The molecule has 0 radical (unpaired) electrons. The predicted octanol–water partition coefficient (Wildman–Crippen LogP) is 12.4. The van der Waals surface area contributed by atoms with E-state index in [0.717, 1.165) is 85.9 Å². The Kier molecular flexibility index (Phi) is 24.1. The van der Waals surface area contributed by atoms with E-state index in [9.17, 15) is 9.59 Å². The lowest BCUT2D eigenvalue weighted by molar-refractivity contribution is -0.151. The van der Waals surface area contributed by atoms with Gasteiger partial charge in [0.1, 0.15) is 11.7 Å². The minimum absolute atomic E-state index is 0.0875. The van der Waals surface area contributed by atoms with Crippen molar-refractivity contribution in [2.24, 2.45) is 11.8 Å². The predicted molar refractivity (Wildman–Crippen MR) is 279 cm³/mol. The standard InChI is InChI=1S/C52H98N2O9Si3/c1-17-44(62-65(21-5,22-6)23-7)42(13)49-45(58-49)39-51(14,63-66(24-8,25-9)26-10)32-27-28-40(11)48-41(12)29-30-46(59-50(56)54-36-34-53-35-37-54)52(15,57-16)33-31-43(38-47(55)60-48)61-64(18-2,19-3)20-4/h27-30,32,41-46,48-49,53H,17-26,31,33-39H2,1-16H3/b30-29?,32-27+,40-28+/t41?,42-,43?,44+,45+,46?,48?,49+,51?,52?/m1/s1. The van der Waals surface area contributed by atoms with Crippen LogP contribution in [0.2, 0.25) is 54.4 Å². The van der Waals surface area contributed by atoms with Crippen LogP contribution in [0.4, 0.5) is 4.79 Å². The van der Waals surface area contributed by atoms with E-state index in [2.05, 4.69) is 114 Å². The van der Waals surface area contributed by atoms with E-state index in [1.807, 2.05) is 26.0 Å². The number of rotatable bonds is 25. The number of allylic oxidation sites excluding steroid dienone is 2. The van der Waals surface area contributed by atoms with Gasteiger partial charge in [0.05, 0.1) is 30.3 Å². The Morgan fingerprint density at radius 3 is 2.03 bits per heavy atom. The number of carbonyl (C=O) groups excluding carboxylic acids is 2. The summed E-state index contributed by atoms with van der Waals surface area (Å²) in [6, 6.07) is 9.47. The molecule has 3 aliphatic rings. The highest BCUT2D eigenvalue weighted by atomic mass is 28.4. The SMILES string of the molecule is CC[C@H](O[Si](CC)(CC)CC)[C@@H](C)[C@@H]1O[C@H]1CC(C)(/C=C/C=C(\C)C1OC(=O)CC(O[Si](CC)(CC)CC)CCC(C)(OC)C(OC(=O)N2CCNCC2)C=CC1C)O[Si](CC)(CC)CC. The maximum atomic E-state index is 14.1. The highest BCUT2D eigenvalue weighted by Crippen LogP contribution is 2.43. The summed E-state index contributed by atoms with van der Waals surface area (Å²) < 4.78 is 47.1. The zero-order valence-corrected chi connectivity index (χ0v) is 47.9. The molecule has 2 saturated heterocycles. The molecular formula is C52H98N2O9Si3. The Labute approximate surface area is 406 Å². The molecule has 1 N–H and O–H groups in total. The first kappa shape index (κ1) is 58.7. The third kappa shape index (κ3) is 15.9. The number of epoxide rings is 1. The summed E-state index contributed by atoms with van der Waals surface area (Å²) in [5, 5.41) is 3.32. The number of amides is 1. The Bertz CT molecular complexity index is 1540. The molecule has 0 aromatic heterocycles. The maximum absolute atomic E-state index is 14.1. The number of nitrogens with one attached hydrogen (secondary N) is 1. The Balaban J connectivity index is 2.02. The normalized spacial score (nSPS) is 28.3. The van der Waals surface area contributed by atoms with Crippen LogP contribution in [0, 0.1) is 11.8 Å². The van der Waals surface area contributed by atoms with Gasteiger partial charge >= 0.3 is 12.1 Å². The number of piperazine rings is 1. The number of hydrogen-bond donors (Lipinski definition) is 1. The lowest BCUT2D eigenvalue weighted by Crippen LogP contribution is -2.50. The van der Waals surface area contributed by atoms with Crippen molar-refractivity contribution in [3.8, 4) is 0 Å². The zero-order valence-electron chi connectivity index (χ0n) is 44.9. The summed E-state index contributed by atoms with van der Waals surface area (Å²) in [6.45, 7) is 35.9. The van der Waals surface area contributed by atoms with Crippen LogP contribution >= 0.6 is 0 Å².